The molecular formula is C19H19BrO3. The summed E-state index contributed by atoms with van der Waals surface area (Å²) < 4.78 is 4.00. The lowest BCUT2D eigenvalue weighted by atomic mass is 9.87. The number of halogens is 1. The summed E-state index contributed by atoms with van der Waals surface area (Å²) in [6.45, 7) is 3.78. The predicted molar refractivity (Wildman–Crippen MR) is 93.5 cm³/mol. The van der Waals surface area contributed by atoms with Gasteiger partial charge in [0.1, 0.15) is 6.61 Å². The molecule has 4 heteroatoms. The maximum absolute atomic E-state index is 12.8. The minimum absolute atomic E-state index is 0.141. The summed E-state index contributed by atoms with van der Waals surface area (Å²) in [5.41, 5.74) is 1.36. The van der Waals surface area contributed by atoms with E-state index in [1.54, 1.807) is 24.3 Å². The van der Waals surface area contributed by atoms with E-state index in [1.165, 1.54) is 0 Å². The molecule has 23 heavy (non-hydrogen) atoms. The van der Waals surface area contributed by atoms with Gasteiger partial charge in [-0.2, -0.15) is 0 Å². The highest BCUT2D eigenvalue weighted by Gasteiger charge is 2.48. The second kappa shape index (κ2) is 7.55. The highest BCUT2D eigenvalue weighted by molar-refractivity contribution is 9.10. The Labute approximate surface area is 144 Å². The van der Waals surface area contributed by atoms with Gasteiger partial charge in [-0.15, -0.1) is 0 Å². The van der Waals surface area contributed by atoms with Crippen LogP contribution in [0.4, 0.5) is 0 Å². The third kappa shape index (κ3) is 3.88. The fourth-order valence-corrected chi connectivity index (χ4v) is 2.56. The van der Waals surface area contributed by atoms with E-state index >= 15 is 0 Å². The molecule has 0 fully saturated rings. The predicted octanol–water partition coefficient (Wildman–Crippen LogP) is 4.40. The first-order chi connectivity index (χ1) is 11.0. The van der Waals surface area contributed by atoms with Gasteiger partial charge in [-0.1, -0.05) is 90.4 Å². The molecule has 2 rings (SSSR count). The second-order valence-corrected chi connectivity index (χ2v) is 6.87. The molecule has 3 nitrogen and oxygen atoms in total. The van der Waals surface area contributed by atoms with Crippen LogP contribution in [0.5, 0.6) is 0 Å². The lowest BCUT2D eigenvalue weighted by Crippen LogP contribution is -2.46. The van der Waals surface area contributed by atoms with E-state index in [0.29, 0.717) is 5.56 Å². The molecule has 0 heterocycles. The Morgan fingerprint density at radius 1 is 1.00 bits per heavy atom. The summed E-state index contributed by atoms with van der Waals surface area (Å²) in [6, 6.07) is 18.2. The fraction of sp³-hybridized carbons (Fsp3) is 0.263. The van der Waals surface area contributed by atoms with Crippen LogP contribution in [0.3, 0.4) is 0 Å². The van der Waals surface area contributed by atoms with Gasteiger partial charge in [0.05, 0.1) is 0 Å². The zero-order valence-electron chi connectivity index (χ0n) is 13.2. The molecule has 0 saturated heterocycles. The maximum Gasteiger partial charge on any atom is 0.331 e. The Bertz CT molecular complexity index is 668. The Hall–Kier alpha value is -1.94. The smallest absolute Gasteiger partial charge is 0.331 e. The molecule has 1 atom stereocenters. The molecule has 0 N–H and O–H groups in total. The Morgan fingerprint density at radius 2 is 1.52 bits per heavy atom. The van der Waals surface area contributed by atoms with Gasteiger partial charge in [-0.25, -0.2) is 0 Å². The summed E-state index contributed by atoms with van der Waals surface area (Å²) in [5, 5.41) is 0. The minimum Gasteiger partial charge on any atom is -0.459 e. The molecule has 0 spiro atoms. The number of rotatable bonds is 6. The molecule has 0 aromatic heterocycles. The number of carbonyl (C=O) groups is 2. The van der Waals surface area contributed by atoms with Gasteiger partial charge in [0.25, 0.3) is 0 Å². The third-order valence-electron chi connectivity index (χ3n) is 3.67. The fourth-order valence-electron chi connectivity index (χ4n) is 2.22. The van der Waals surface area contributed by atoms with Gasteiger partial charge in [-0.3, -0.25) is 9.59 Å². The number of carbonyl (C=O) groups excluding carboxylic acids is 2. The SMILES string of the molecule is CC(C)C(Br)(C(=O)OCc1ccccc1)C(=O)c1ccccc1. The van der Waals surface area contributed by atoms with Crippen molar-refractivity contribution in [3.8, 4) is 0 Å². The summed E-state index contributed by atoms with van der Waals surface area (Å²) in [5.74, 6) is -1.10. The molecule has 0 aliphatic rings. The van der Waals surface area contributed by atoms with Crippen LogP contribution in [0.2, 0.25) is 0 Å². The molecule has 0 aliphatic heterocycles. The molecule has 120 valence electrons. The number of esters is 1. The molecule has 0 saturated carbocycles. The lowest BCUT2D eigenvalue weighted by Gasteiger charge is -2.28. The Balaban J connectivity index is 2.19. The average Bonchev–Trinajstić information content (AvgIpc) is 2.59. The highest BCUT2D eigenvalue weighted by atomic mass is 79.9. The molecule has 1 unspecified atom stereocenters. The quantitative estimate of drug-likeness (QED) is 0.325. The monoisotopic (exact) mass is 374 g/mol. The van der Waals surface area contributed by atoms with Gasteiger partial charge in [-0.05, 0) is 11.5 Å². The van der Waals surface area contributed by atoms with Crippen LogP contribution < -0.4 is 0 Å². The van der Waals surface area contributed by atoms with E-state index in [2.05, 4.69) is 15.9 Å². The molecule has 0 bridgehead atoms. The van der Waals surface area contributed by atoms with Gasteiger partial charge in [0.15, 0.2) is 10.1 Å². The summed E-state index contributed by atoms with van der Waals surface area (Å²) in [7, 11) is 0. The van der Waals surface area contributed by atoms with Gasteiger partial charge < -0.3 is 4.74 Å². The van der Waals surface area contributed by atoms with Crippen molar-refractivity contribution in [3.63, 3.8) is 0 Å². The van der Waals surface area contributed by atoms with E-state index in [4.69, 9.17) is 4.74 Å². The first-order valence-electron chi connectivity index (χ1n) is 7.46. The van der Waals surface area contributed by atoms with Crippen LogP contribution in [0.25, 0.3) is 0 Å². The van der Waals surface area contributed by atoms with E-state index in [9.17, 15) is 9.59 Å². The lowest BCUT2D eigenvalue weighted by molar-refractivity contribution is -0.147. The molecule has 0 aliphatic carbocycles. The van der Waals surface area contributed by atoms with Crippen LogP contribution in [-0.4, -0.2) is 16.1 Å². The van der Waals surface area contributed by atoms with Crippen LogP contribution >= 0.6 is 15.9 Å². The van der Waals surface area contributed by atoms with Gasteiger partial charge in [0, 0.05) is 5.56 Å². The zero-order chi connectivity index (χ0) is 16.9. The first kappa shape index (κ1) is 17.4. The molecular weight excluding hydrogens is 356 g/mol. The van der Waals surface area contributed by atoms with E-state index in [0.717, 1.165) is 5.56 Å². The Kier molecular flexibility index (Phi) is 5.72. The van der Waals surface area contributed by atoms with Crippen molar-refractivity contribution >= 4 is 27.7 Å². The number of Topliss-reactive ketones (excluding diaryl/α,β-unsaturated/α-hetero) is 1. The minimum atomic E-state index is -1.39. The van der Waals surface area contributed by atoms with E-state index in [1.807, 2.05) is 50.2 Å². The van der Waals surface area contributed by atoms with Gasteiger partial charge >= 0.3 is 5.97 Å². The highest BCUT2D eigenvalue weighted by Crippen LogP contribution is 2.33. The van der Waals surface area contributed by atoms with Crippen molar-refractivity contribution in [1.82, 2.24) is 0 Å². The molecule has 2 aromatic carbocycles. The number of benzene rings is 2. The number of alkyl halides is 1. The Morgan fingerprint density at radius 3 is 2.04 bits per heavy atom. The molecule has 2 aromatic rings. The number of ether oxygens (including phenoxy) is 1. The largest absolute Gasteiger partial charge is 0.459 e. The normalized spacial score (nSPS) is 13.4. The van der Waals surface area contributed by atoms with Crippen molar-refractivity contribution in [2.75, 3.05) is 0 Å². The van der Waals surface area contributed by atoms with E-state index in [-0.39, 0.29) is 18.3 Å². The maximum atomic E-state index is 12.8. The van der Waals surface area contributed by atoms with Crippen molar-refractivity contribution in [3.05, 3.63) is 71.8 Å². The molecule has 0 radical (unpaired) electrons. The second-order valence-electron chi connectivity index (χ2n) is 5.62. The zero-order valence-corrected chi connectivity index (χ0v) is 14.7. The van der Waals surface area contributed by atoms with Crippen molar-refractivity contribution in [2.24, 2.45) is 5.92 Å². The van der Waals surface area contributed by atoms with Crippen LogP contribution in [-0.2, 0) is 16.1 Å². The third-order valence-corrected chi connectivity index (χ3v) is 5.27. The van der Waals surface area contributed by atoms with Crippen molar-refractivity contribution in [1.29, 1.82) is 0 Å². The van der Waals surface area contributed by atoms with Crippen LogP contribution in [0.15, 0.2) is 60.7 Å². The van der Waals surface area contributed by atoms with E-state index < -0.39 is 10.3 Å². The number of ketones is 1. The number of hydrogen-bond acceptors (Lipinski definition) is 3. The summed E-state index contributed by atoms with van der Waals surface area (Å²) in [4.78, 5) is 25.4. The topological polar surface area (TPSA) is 43.4 Å². The number of hydrogen-bond donors (Lipinski definition) is 0. The average molecular weight is 375 g/mol. The van der Waals surface area contributed by atoms with Crippen molar-refractivity contribution < 1.29 is 14.3 Å². The summed E-state index contributed by atoms with van der Waals surface area (Å²) >= 11 is 3.37. The summed E-state index contributed by atoms with van der Waals surface area (Å²) in [6.07, 6.45) is 0. The van der Waals surface area contributed by atoms with Gasteiger partial charge in [0.2, 0.25) is 0 Å². The first-order valence-corrected chi connectivity index (χ1v) is 8.25. The van der Waals surface area contributed by atoms with Crippen LogP contribution in [0, 0.1) is 5.92 Å². The standard InChI is InChI=1S/C19H19BrO3/c1-14(2)19(20,17(21)16-11-7-4-8-12-16)18(22)23-13-15-9-5-3-6-10-15/h3-12,14H,13H2,1-2H3. The molecule has 0 amide bonds. The van der Waals surface area contributed by atoms with Crippen LogP contribution in [0.1, 0.15) is 29.8 Å². The van der Waals surface area contributed by atoms with Crippen molar-refractivity contribution in [2.45, 2.75) is 24.8 Å².